The van der Waals surface area contributed by atoms with Crippen molar-refractivity contribution in [1.29, 1.82) is 0 Å². The third kappa shape index (κ3) is 3.90. The molecule has 0 spiro atoms. The zero-order valence-electron chi connectivity index (χ0n) is 13.8. The molecule has 130 valence electrons. The van der Waals surface area contributed by atoms with E-state index in [2.05, 4.69) is 9.97 Å². The maximum absolute atomic E-state index is 12.7. The van der Waals surface area contributed by atoms with Crippen molar-refractivity contribution in [2.75, 3.05) is 13.1 Å². The van der Waals surface area contributed by atoms with Gasteiger partial charge in [0.05, 0.1) is 11.5 Å². The van der Waals surface area contributed by atoms with Crippen molar-refractivity contribution in [3.63, 3.8) is 0 Å². The van der Waals surface area contributed by atoms with Crippen molar-refractivity contribution in [2.24, 2.45) is 0 Å². The molecule has 1 atom stereocenters. The largest absolute Gasteiger partial charge is 0.472 e. The highest BCUT2D eigenvalue weighted by Gasteiger charge is 2.27. The van der Waals surface area contributed by atoms with Gasteiger partial charge in [0, 0.05) is 36.0 Å². The maximum atomic E-state index is 12.7. The first-order valence-corrected chi connectivity index (χ1v) is 8.01. The molecule has 0 bridgehead atoms. The molecule has 0 radical (unpaired) electrons. The molecule has 2 aromatic rings. The lowest BCUT2D eigenvalue weighted by atomic mass is 10.0. The number of ether oxygens (including phenoxy) is 1. The van der Waals surface area contributed by atoms with E-state index in [4.69, 9.17) is 4.74 Å². The van der Waals surface area contributed by atoms with Crippen molar-refractivity contribution in [1.82, 2.24) is 14.9 Å². The van der Waals surface area contributed by atoms with Crippen molar-refractivity contribution < 1.29 is 14.5 Å². The van der Waals surface area contributed by atoms with Crippen molar-refractivity contribution in [2.45, 2.75) is 25.9 Å². The summed E-state index contributed by atoms with van der Waals surface area (Å²) in [6.07, 6.45) is 4.47. The van der Waals surface area contributed by atoms with Crippen LogP contribution in [0.25, 0.3) is 0 Å². The Labute approximate surface area is 144 Å². The van der Waals surface area contributed by atoms with Crippen LogP contribution in [0, 0.1) is 17.0 Å². The summed E-state index contributed by atoms with van der Waals surface area (Å²) in [7, 11) is 0. The van der Waals surface area contributed by atoms with Crippen LogP contribution in [0.5, 0.6) is 5.88 Å². The average molecular weight is 342 g/mol. The number of nitro benzene ring substituents is 1. The van der Waals surface area contributed by atoms with E-state index in [9.17, 15) is 14.9 Å². The van der Waals surface area contributed by atoms with Gasteiger partial charge in [0.2, 0.25) is 5.88 Å². The highest BCUT2D eigenvalue weighted by molar-refractivity contribution is 5.95. The average Bonchev–Trinajstić information content (AvgIpc) is 2.62. The maximum Gasteiger partial charge on any atom is 0.273 e. The Morgan fingerprint density at radius 2 is 2.24 bits per heavy atom. The molecule has 3 rings (SSSR count). The summed E-state index contributed by atoms with van der Waals surface area (Å²) in [5, 5.41) is 11.1. The van der Waals surface area contributed by atoms with E-state index in [-0.39, 0.29) is 17.7 Å². The smallest absolute Gasteiger partial charge is 0.273 e. The van der Waals surface area contributed by atoms with Crippen LogP contribution in [-0.4, -0.2) is 44.9 Å². The fraction of sp³-hybridized carbons (Fsp3) is 0.353. The molecule has 0 N–H and O–H groups in total. The fourth-order valence-corrected chi connectivity index (χ4v) is 2.86. The van der Waals surface area contributed by atoms with Gasteiger partial charge in [-0.2, -0.15) is 0 Å². The predicted molar refractivity (Wildman–Crippen MR) is 89.4 cm³/mol. The van der Waals surface area contributed by atoms with Crippen LogP contribution in [0.3, 0.4) is 0 Å². The molecule has 8 nitrogen and oxygen atoms in total. The van der Waals surface area contributed by atoms with Gasteiger partial charge in [0.1, 0.15) is 12.4 Å². The minimum atomic E-state index is -0.469. The quantitative estimate of drug-likeness (QED) is 0.625. The van der Waals surface area contributed by atoms with Crippen LogP contribution in [0.2, 0.25) is 0 Å². The first-order valence-electron chi connectivity index (χ1n) is 8.01. The third-order valence-electron chi connectivity index (χ3n) is 4.16. The topological polar surface area (TPSA) is 98.5 Å². The van der Waals surface area contributed by atoms with Gasteiger partial charge in [-0.15, -0.1) is 0 Å². The summed E-state index contributed by atoms with van der Waals surface area (Å²) in [4.78, 5) is 32.9. The second-order valence-corrected chi connectivity index (χ2v) is 5.94. The molecule has 2 heterocycles. The van der Waals surface area contributed by atoms with E-state index >= 15 is 0 Å². The molecular formula is C17H18N4O4. The van der Waals surface area contributed by atoms with E-state index in [1.165, 1.54) is 12.4 Å². The number of amides is 1. The van der Waals surface area contributed by atoms with E-state index in [0.29, 0.717) is 30.1 Å². The number of aromatic nitrogens is 2. The number of nitro groups is 1. The predicted octanol–water partition coefficient (Wildman–Crippen LogP) is 2.38. The lowest BCUT2D eigenvalue weighted by Crippen LogP contribution is -2.44. The number of rotatable bonds is 4. The monoisotopic (exact) mass is 342 g/mol. The normalized spacial score (nSPS) is 17.2. The Bertz CT molecular complexity index is 781. The van der Waals surface area contributed by atoms with E-state index in [1.807, 2.05) is 0 Å². The molecule has 1 amide bonds. The molecule has 1 aromatic heterocycles. The summed E-state index contributed by atoms with van der Waals surface area (Å²) in [6, 6.07) is 6.24. The molecule has 1 unspecified atom stereocenters. The Kier molecular flexibility index (Phi) is 4.87. The van der Waals surface area contributed by atoms with E-state index < -0.39 is 4.92 Å². The summed E-state index contributed by atoms with van der Waals surface area (Å²) < 4.78 is 5.80. The Hall–Kier alpha value is -3.03. The van der Waals surface area contributed by atoms with Gasteiger partial charge < -0.3 is 9.64 Å². The van der Waals surface area contributed by atoms with Gasteiger partial charge in [-0.25, -0.2) is 9.97 Å². The van der Waals surface area contributed by atoms with Crippen molar-refractivity contribution in [3.05, 3.63) is 58.0 Å². The Morgan fingerprint density at radius 3 is 2.96 bits per heavy atom. The van der Waals surface area contributed by atoms with Crippen LogP contribution in [0.4, 0.5) is 5.69 Å². The lowest BCUT2D eigenvalue weighted by molar-refractivity contribution is -0.385. The first-order chi connectivity index (χ1) is 12.0. The fourth-order valence-electron chi connectivity index (χ4n) is 2.86. The summed E-state index contributed by atoms with van der Waals surface area (Å²) >= 11 is 0. The second kappa shape index (κ2) is 7.25. The van der Waals surface area contributed by atoms with Crippen LogP contribution in [0.15, 0.2) is 36.8 Å². The summed E-state index contributed by atoms with van der Waals surface area (Å²) in [5.41, 5.74) is 0.807. The number of aryl methyl sites for hydroxylation is 1. The molecule has 0 aliphatic carbocycles. The van der Waals surface area contributed by atoms with Gasteiger partial charge in [-0.3, -0.25) is 14.9 Å². The van der Waals surface area contributed by atoms with Crippen LogP contribution < -0.4 is 4.74 Å². The van der Waals surface area contributed by atoms with Gasteiger partial charge in [0.25, 0.3) is 11.6 Å². The zero-order valence-corrected chi connectivity index (χ0v) is 13.8. The first kappa shape index (κ1) is 16.8. The number of benzene rings is 1. The van der Waals surface area contributed by atoms with Crippen LogP contribution in [-0.2, 0) is 0 Å². The number of likely N-dealkylation sites (tertiary alicyclic amines) is 1. The minimum absolute atomic E-state index is 0.0448. The molecule has 1 fully saturated rings. The summed E-state index contributed by atoms with van der Waals surface area (Å²) in [5.74, 6) is 0.249. The zero-order chi connectivity index (χ0) is 17.8. The van der Waals surface area contributed by atoms with Gasteiger partial charge in [-0.1, -0.05) is 6.07 Å². The number of hydrogen-bond donors (Lipinski definition) is 0. The van der Waals surface area contributed by atoms with Crippen molar-refractivity contribution in [3.8, 4) is 5.88 Å². The van der Waals surface area contributed by atoms with Gasteiger partial charge in [0.15, 0.2) is 0 Å². The van der Waals surface area contributed by atoms with Gasteiger partial charge in [-0.05, 0) is 25.8 Å². The second-order valence-electron chi connectivity index (χ2n) is 5.94. The Balaban J connectivity index is 1.72. The van der Waals surface area contributed by atoms with Crippen molar-refractivity contribution >= 4 is 11.6 Å². The molecule has 1 aromatic carbocycles. The van der Waals surface area contributed by atoms with Crippen LogP contribution in [0.1, 0.15) is 28.8 Å². The molecule has 1 saturated heterocycles. The number of hydrogen-bond acceptors (Lipinski definition) is 6. The number of carbonyl (C=O) groups is 1. The lowest BCUT2D eigenvalue weighted by Gasteiger charge is -2.32. The minimum Gasteiger partial charge on any atom is -0.472 e. The standard InChI is InChI=1S/C17H18N4O4/c1-12-4-5-13(9-15(12)21(23)24)17(22)20-8-2-3-14(10-20)25-16-6-7-18-11-19-16/h4-7,9,11,14H,2-3,8,10H2,1H3. The number of nitrogens with zero attached hydrogens (tertiary/aromatic N) is 4. The van der Waals surface area contributed by atoms with E-state index in [1.54, 1.807) is 36.2 Å². The van der Waals surface area contributed by atoms with Crippen LogP contribution >= 0.6 is 0 Å². The number of piperidine rings is 1. The molecule has 25 heavy (non-hydrogen) atoms. The highest BCUT2D eigenvalue weighted by atomic mass is 16.6. The molecule has 0 saturated carbocycles. The number of carbonyl (C=O) groups excluding carboxylic acids is 1. The molecule has 1 aliphatic rings. The molecular weight excluding hydrogens is 324 g/mol. The molecule has 1 aliphatic heterocycles. The van der Waals surface area contributed by atoms with E-state index in [0.717, 1.165) is 12.8 Å². The molecule has 8 heteroatoms. The highest BCUT2D eigenvalue weighted by Crippen LogP contribution is 2.22. The summed E-state index contributed by atoms with van der Waals surface area (Å²) in [6.45, 7) is 2.67. The Morgan fingerprint density at radius 1 is 1.40 bits per heavy atom. The third-order valence-corrected chi connectivity index (χ3v) is 4.16. The van der Waals surface area contributed by atoms with Gasteiger partial charge >= 0.3 is 0 Å². The SMILES string of the molecule is Cc1ccc(C(=O)N2CCCC(Oc3ccncn3)C2)cc1[N+](=O)[O-].